The first kappa shape index (κ1) is 25.0. The lowest BCUT2D eigenvalue weighted by Crippen LogP contribution is -2.39. The summed E-state index contributed by atoms with van der Waals surface area (Å²) >= 11 is 0. The summed E-state index contributed by atoms with van der Waals surface area (Å²) in [6.45, 7) is 9.01. The summed E-state index contributed by atoms with van der Waals surface area (Å²) in [4.78, 5) is 55.7. The molecule has 3 aliphatic carbocycles. The Morgan fingerprint density at radius 2 is 1.62 bits per heavy atom. The number of carbonyl (C=O) groups excluding carboxylic acids is 4. The number of allylic oxidation sites excluding steroid dienone is 6. The van der Waals surface area contributed by atoms with Crippen molar-refractivity contribution in [2.45, 2.75) is 39.5 Å². The van der Waals surface area contributed by atoms with Crippen LogP contribution in [0.5, 0.6) is 5.75 Å². The van der Waals surface area contributed by atoms with Gasteiger partial charge in [0.25, 0.3) is 0 Å². The highest BCUT2D eigenvalue weighted by Crippen LogP contribution is 2.55. The molecule has 2 aromatic rings. The van der Waals surface area contributed by atoms with Crippen LogP contribution >= 0.6 is 0 Å². The fourth-order valence-electron chi connectivity index (χ4n) is 6.93. The fourth-order valence-corrected chi connectivity index (χ4v) is 6.93. The molecule has 1 fully saturated rings. The van der Waals surface area contributed by atoms with Crippen LogP contribution in [-0.4, -0.2) is 28.5 Å². The Morgan fingerprint density at radius 3 is 2.26 bits per heavy atom. The molecule has 0 saturated carbocycles. The van der Waals surface area contributed by atoms with Crippen molar-refractivity contribution < 1.29 is 24.3 Å². The molecule has 6 heteroatoms. The van der Waals surface area contributed by atoms with Crippen molar-refractivity contribution >= 4 is 35.1 Å². The number of amides is 2. The lowest BCUT2D eigenvalue weighted by molar-refractivity contribution is -0.123. The Kier molecular flexibility index (Phi) is 5.68. The number of nitrogens with zero attached hydrogens (tertiary/aromatic N) is 1. The van der Waals surface area contributed by atoms with Gasteiger partial charge in [0.05, 0.1) is 17.5 Å². The maximum Gasteiger partial charge on any atom is 0.238 e. The number of phenolic OH excluding ortho intramolecular Hbond substituents is 1. The number of benzene rings is 2. The molecule has 1 heterocycles. The average Bonchev–Trinajstić information content (AvgIpc) is 3.18. The molecule has 2 aromatic carbocycles. The molecule has 4 aliphatic rings. The number of phenols is 1. The maximum absolute atomic E-state index is 14.0. The van der Waals surface area contributed by atoms with Crippen LogP contribution in [0.4, 0.5) is 5.69 Å². The predicted octanol–water partition coefficient (Wildman–Crippen LogP) is 5.29. The topological polar surface area (TPSA) is 91.8 Å². The molecule has 0 spiro atoms. The van der Waals surface area contributed by atoms with Crippen LogP contribution in [-0.2, 0) is 19.2 Å². The molecule has 196 valence electrons. The second-order valence-electron chi connectivity index (χ2n) is 11.0. The summed E-state index contributed by atoms with van der Waals surface area (Å²) in [5, 5.41) is 10.4. The van der Waals surface area contributed by atoms with Crippen LogP contribution < -0.4 is 4.90 Å². The molecule has 0 radical (unpaired) electrons. The minimum atomic E-state index is -0.624. The molecule has 0 aromatic heterocycles. The number of hydrogen-bond acceptors (Lipinski definition) is 5. The number of fused-ring (bicyclic) bond motifs is 3. The highest BCUT2D eigenvalue weighted by Gasteiger charge is 2.56. The van der Waals surface area contributed by atoms with Gasteiger partial charge < -0.3 is 5.11 Å². The minimum absolute atomic E-state index is 0.184. The Hall–Kier alpha value is -4.32. The van der Waals surface area contributed by atoms with E-state index in [2.05, 4.69) is 6.58 Å². The zero-order valence-electron chi connectivity index (χ0n) is 22.2. The predicted molar refractivity (Wildman–Crippen MR) is 148 cm³/mol. The molecule has 1 N–H and O–H groups in total. The van der Waals surface area contributed by atoms with Crippen molar-refractivity contribution in [3.8, 4) is 5.75 Å². The summed E-state index contributed by atoms with van der Waals surface area (Å²) < 4.78 is 0. The Bertz CT molecular complexity index is 1580. The highest BCUT2D eigenvalue weighted by molar-refractivity contribution is 6.25. The van der Waals surface area contributed by atoms with E-state index in [1.807, 2.05) is 30.3 Å². The van der Waals surface area contributed by atoms with E-state index in [1.54, 1.807) is 39.0 Å². The van der Waals surface area contributed by atoms with Crippen LogP contribution in [0.1, 0.15) is 47.9 Å². The SMILES string of the molecule is C=Cc1ccc(N2C(=O)[C@H]3[C@H](CC=C4[C@H](c5cc(C)c(O)c(C)c5)C5=C(C[C@H]43)C(=O)C(C)=CC5=O)C2=O)cc1. The lowest BCUT2D eigenvalue weighted by Gasteiger charge is -2.42. The van der Waals surface area contributed by atoms with Gasteiger partial charge in [-0.2, -0.15) is 0 Å². The zero-order chi connectivity index (χ0) is 27.7. The first-order chi connectivity index (χ1) is 18.6. The lowest BCUT2D eigenvalue weighted by atomic mass is 9.59. The van der Waals surface area contributed by atoms with E-state index >= 15 is 0 Å². The standard InChI is InChI=1S/C33H29NO5/c1-5-19-6-8-21(9-7-19)34-32(38)23-11-10-22-24(28(23)33(34)39)15-25-29(26(35)14-18(4)31(25)37)27(22)20-12-16(2)30(36)17(3)13-20/h5-10,12-14,23-24,27-28,36H,1,11,15H2,2-4H3/t23-,24+,27-,28-/m0/s1. The molecule has 2 amide bonds. The van der Waals surface area contributed by atoms with Crippen molar-refractivity contribution in [3.05, 3.63) is 99.7 Å². The van der Waals surface area contributed by atoms with Crippen LogP contribution in [0.2, 0.25) is 0 Å². The van der Waals surface area contributed by atoms with Gasteiger partial charge in [-0.05, 0) is 80.0 Å². The van der Waals surface area contributed by atoms with Crippen molar-refractivity contribution in [3.63, 3.8) is 0 Å². The fraction of sp³-hybridized carbons (Fsp3) is 0.273. The molecular weight excluding hydrogens is 490 g/mol. The first-order valence-electron chi connectivity index (χ1n) is 13.2. The smallest absolute Gasteiger partial charge is 0.238 e. The summed E-state index contributed by atoms with van der Waals surface area (Å²) in [5.74, 6) is -2.76. The van der Waals surface area contributed by atoms with Gasteiger partial charge in [-0.25, -0.2) is 0 Å². The van der Waals surface area contributed by atoms with Crippen molar-refractivity contribution in [2.75, 3.05) is 4.90 Å². The molecule has 1 saturated heterocycles. The van der Waals surface area contributed by atoms with Gasteiger partial charge in [0, 0.05) is 22.6 Å². The number of aromatic hydroxyl groups is 1. The second kappa shape index (κ2) is 8.87. The molecule has 6 rings (SSSR count). The first-order valence-corrected chi connectivity index (χ1v) is 13.2. The summed E-state index contributed by atoms with van der Waals surface area (Å²) in [6, 6.07) is 10.8. The second-order valence-corrected chi connectivity index (χ2v) is 11.0. The average molecular weight is 520 g/mol. The largest absolute Gasteiger partial charge is 0.507 e. The van der Waals surface area contributed by atoms with E-state index in [9.17, 15) is 24.3 Å². The quantitative estimate of drug-likeness (QED) is 0.338. The van der Waals surface area contributed by atoms with Crippen LogP contribution in [0.3, 0.4) is 0 Å². The third-order valence-corrected chi connectivity index (χ3v) is 8.80. The molecule has 6 nitrogen and oxygen atoms in total. The number of hydrogen-bond donors (Lipinski definition) is 1. The number of aryl methyl sites for hydroxylation is 2. The molecule has 0 unspecified atom stereocenters. The Balaban J connectivity index is 1.49. The zero-order valence-corrected chi connectivity index (χ0v) is 22.2. The summed E-state index contributed by atoms with van der Waals surface area (Å²) in [7, 11) is 0. The highest BCUT2D eigenvalue weighted by atomic mass is 16.3. The van der Waals surface area contributed by atoms with Crippen molar-refractivity contribution in [1.82, 2.24) is 0 Å². The van der Waals surface area contributed by atoms with Crippen LogP contribution in [0, 0.1) is 31.6 Å². The molecule has 1 aliphatic heterocycles. The van der Waals surface area contributed by atoms with Gasteiger partial charge in [0.1, 0.15) is 5.75 Å². The van der Waals surface area contributed by atoms with Crippen LogP contribution in [0.15, 0.2) is 77.4 Å². The summed E-state index contributed by atoms with van der Waals surface area (Å²) in [5.41, 5.74) is 5.72. The van der Waals surface area contributed by atoms with Crippen molar-refractivity contribution in [1.29, 1.82) is 0 Å². The Labute approximate surface area is 227 Å². The molecule has 39 heavy (non-hydrogen) atoms. The number of imide groups is 1. The number of anilines is 1. The van der Waals surface area contributed by atoms with Gasteiger partial charge in [-0.15, -0.1) is 0 Å². The number of carbonyl (C=O) groups is 4. The Morgan fingerprint density at radius 1 is 0.949 bits per heavy atom. The third kappa shape index (κ3) is 3.62. The van der Waals surface area contributed by atoms with Crippen molar-refractivity contribution in [2.24, 2.45) is 17.8 Å². The normalized spacial score (nSPS) is 26.2. The van der Waals surface area contributed by atoms with E-state index in [1.165, 1.54) is 11.0 Å². The van der Waals surface area contributed by atoms with E-state index in [4.69, 9.17) is 0 Å². The monoisotopic (exact) mass is 519 g/mol. The van der Waals surface area contributed by atoms with Crippen LogP contribution in [0.25, 0.3) is 6.08 Å². The third-order valence-electron chi connectivity index (χ3n) is 8.80. The van der Waals surface area contributed by atoms with E-state index < -0.39 is 23.7 Å². The van der Waals surface area contributed by atoms with Gasteiger partial charge >= 0.3 is 0 Å². The van der Waals surface area contributed by atoms with Gasteiger partial charge in [0.15, 0.2) is 11.6 Å². The molecule has 4 atom stereocenters. The maximum atomic E-state index is 14.0. The molecular formula is C33H29NO5. The number of rotatable bonds is 3. The van der Waals surface area contributed by atoms with Gasteiger partial charge in [-0.1, -0.05) is 48.6 Å². The summed E-state index contributed by atoms with van der Waals surface area (Å²) in [6.07, 6.45) is 5.74. The van der Waals surface area contributed by atoms with E-state index in [-0.39, 0.29) is 35.6 Å². The van der Waals surface area contributed by atoms with Gasteiger partial charge in [-0.3, -0.25) is 24.1 Å². The minimum Gasteiger partial charge on any atom is -0.507 e. The van der Waals surface area contributed by atoms with E-state index in [0.717, 1.165) is 16.7 Å². The molecule has 0 bridgehead atoms. The number of Topliss-reactive ketones (excluding diaryl/α,β-unsaturated/α-hetero) is 1. The van der Waals surface area contributed by atoms with Gasteiger partial charge in [0.2, 0.25) is 11.8 Å². The number of ketones is 2. The van der Waals surface area contributed by atoms with E-state index in [0.29, 0.717) is 40.0 Å².